The quantitative estimate of drug-likeness (QED) is 0.684. The van der Waals surface area contributed by atoms with Crippen molar-refractivity contribution in [2.24, 2.45) is 5.73 Å². The number of carbonyl (C=O) groups is 1. The SMILES string of the molecule is CC(C)(C)ON1CCN(c2ccc(-c3nc4c(OC(N)=O)cccc4[nH]3)cc2)CC1. The van der Waals surface area contributed by atoms with E-state index in [-0.39, 0.29) is 5.60 Å². The number of H-pyrrole nitrogens is 1. The molecule has 0 bridgehead atoms. The predicted octanol–water partition coefficient (Wildman–Crippen LogP) is 3.54. The van der Waals surface area contributed by atoms with Gasteiger partial charge in [-0.05, 0) is 57.2 Å². The number of hydroxylamine groups is 2. The number of piperazine rings is 1. The molecule has 8 nitrogen and oxygen atoms in total. The van der Waals surface area contributed by atoms with Crippen LogP contribution in [0.3, 0.4) is 0 Å². The molecule has 0 spiro atoms. The van der Waals surface area contributed by atoms with Gasteiger partial charge < -0.3 is 20.4 Å². The van der Waals surface area contributed by atoms with Gasteiger partial charge in [-0.2, -0.15) is 5.06 Å². The van der Waals surface area contributed by atoms with Crippen molar-refractivity contribution < 1.29 is 14.4 Å². The molecule has 3 N–H and O–H groups in total. The molecule has 30 heavy (non-hydrogen) atoms. The summed E-state index contributed by atoms with van der Waals surface area (Å²) >= 11 is 0. The van der Waals surface area contributed by atoms with Gasteiger partial charge in [0.15, 0.2) is 5.75 Å². The minimum atomic E-state index is -0.857. The third kappa shape index (κ3) is 4.55. The molecule has 0 radical (unpaired) electrons. The molecule has 1 aromatic heterocycles. The van der Waals surface area contributed by atoms with E-state index >= 15 is 0 Å². The number of anilines is 1. The number of ether oxygens (including phenoxy) is 1. The number of hydrogen-bond acceptors (Lipinski definition) is 6. The molecule has 1 fully saturated rings. The van der Waals surface area contributed by atoms with Gasteiger partial charge in [-0.3, -0.25) is 4.84 Å². The first-order chi connectivity index (χ1) is 14.3. The second-order valence-electron chi connectivity index (χ2n) is 8.33. The Morgan fingerprint density at radius 2 is 1.77 bits per heavy atom. The van der Waals surface area contributed by atoms with Gasteiger partial charge in [-0.1, -0.05) is 6.07 Å². The van der Waals surface area contributed by atoms with Gasteiger partial charge in [-0.25, -0.2) is 9.78 Å². The minimum absolute atomic E-state index is 0.168. The highest BCUT2D eigenvalue weighted by Crippen LogP contribution is 2.28. The van der Waals surface area contributed by atoms with Gasteiger partial charge in [0, 0.05) is 37.4 Å². The second kappa shape index (κ2) is 7.97. The molecule has 8 heteroatoms. The molecule has 0 aliphatic carbocycles. The van der Waals surface area contributed by atoms with Gasteiger partial charge in [0.25, 0.3) is 0 Å². The fraction of sp³-hybridized carbons (Fsp3) is 0.364. The second-order valence-corrected chi connectivity index (χ2v) is 8.33. The Hall–Kier alpha value is -3.10. The van der Waals surface area contributed by atoms with Crippen LogP contribution in [-0.4, -0.2) is 52.9 Å². The van der Waals surface area contributed by atoms with E-state index in [4.69, 9.17) is 15.3 Å². The fourth-order valence-electron chi connectivity index (χ4n) is 3.59. The minimum Gasteiger partial charge on any atom is -0.408 e. The van der Waals surface area contributed by atoms with Crippen molar-refractivity contribution in [2.45, 2.75) is 26.4 Å². The number of benzene rings is 2. The van der Waals surface area contributed by atoms with Crippen molar-refractivity contribution in [1.29, 1.82) is 0 Å². The lowest BCUT2D eigenvalue weighted by atomic mass is 10.1. The first-order valence-electron chi connectivity index (χ1n) is 10.0. The number of primary amides is 1. The third-order valence-electron chi connectivity index (χ3n) is 4.83. The van der Waals surface area contributed by atoms with Crippen LogP contribution in [0.25, 0.3) is 22.4 Å². The summed E-state index contributed by atoms with van der Waals surface area (Å²) < 4.78 is 5.05. The average molecular weight is 409 g/mol. The topological polar surface area (TPSA) is 96.7 Å². The summed E-state index contributed by atoms with van der Waals surface area (Å²) in [5.41, 5.74) is 8.45. The Morgan fingerprint density at radius 1 is 1.07 bits per heavy atom. The van der Waals surface area contributed by atoms with E-state index in [0.717, 1.165) is 37.3 Å². The summed E-state index contributed by atoms with van der Waals surface area (Å²) in [5, 5.41) is 2.05. The number of rotatable bonds is 4. The molecule has 3 aromatic rings. The molecule has 0 unspecified atom stereocenters. The van der Waals surface area contributed by atoms with Crippen molar-refractivity contribution in [3.8, 4) is 17.1 Å². The van der Waals surface area contributed by atoms with Crippen molar-refractivity contribution in [3.05, 3.63) is 42.5 Å². The Kier molecular flexibility index (Phi) is 5.36. The van der Waals surface area contributed by atoms with Crippen LogP contribution in [0.5, 0.6) is 5.75 Å². The van der Waals surface area contributed by atoms with Crippen LogP contribution >= 0.6 is 0 Å². The van der Waals surface area contributed by atoms with Gasteiger partial charge in [0.2, 0.25) is 0 Å². The van der Waals surface area contributed by atoms with E-state index in [1.807, 2.05) is 23.3 Å². The Labute approximate surface area is 175 Å². The van der Waals surface area contributed by atoms with Crippen molar-refractivity contribution in [3.63, 3.8) is 0 Å². The number of aromatic amines is 1. The summed E-state index contributed by atoms with van der Waals surface area (Å²) in [4.78, 5) is 27.3. The van der Waals surface area contributed by atoms with E-state index in [1.54, 1.807) is 12.1 Å². The van der Waals surface area contributed by atoms with E-state index in [2.05, 4.69) is 47.8 Å². The normalized spacial score (nSPS) is 15.5. The molecular formula is C22H27N5O3. The Morgan fingerprint density at radius 3 is 2.40 bits per heavy atom. The van der Waals surface area contributed by atoms with E-state index in [0.29, 0.717) is 17.1 Å². The highest BCUT2D eigenvalue weighted by molar-refractivity contribution is 5.87. The first kappa shape index (κ1) is 20.2. The molecule has 158 valence electrons. The van der Waals surface area contributed by atoms with Crippen LogP contribution in [0, 0.1) is 0 Å². The van der Waals surface area contributed by atoms with Crippen LogP contribution in [0.4, 0.5) is 10.5 Å². The molecule has 4 rings (SSSR count). The maximum atomic E-state index is 11.1. The average Bonchev–Trinajstić information content (AvgIpc) is 3.13. The molecule has 1 aliphatic heterocycles. The zero-order chi connectivity index (χ0) is 21.3. The van der Waals surface area contributed by atoms with Crippen LogP contribution < -0.4 is 15.4 Å². The number of nitrogens with one attached hydrogen (secondary N) is 1. The molecule has 1 aliphatic rings. The van der Waals surface area contributed by atoms with E-state index in [9.17, 15) is 4.79 Å². The van der Waals surface area contributed by atoms with Crippen molar-refractivity contribution >= 4 is 22.8 Å². The van der Waals surface area contributed by atoms with Crippen LogP contribution in [0.15, 0.2) is 42.5 Å². The molecule has 0 atom stereocenters. The monoisotopic (exact) mass is 409 g/mol. The van der Waals surface area contributed by atoms with E-state index < -0.39 is 6.09 Å². The first-order valence-corrected chi connectivity index (χ1v) is 10.0. The predicted molar refractivity (Wildman–Crippen MR) is 116 cm³/mol. The lowest BCUT2D eigenvalue weighted by Gasteiger charge is -2.38. The largest absolute Gasteiger partial charge is 0.410 e. The number of carbonyl (C=O) groups excluding carboxylic acids is 1. The number of nitrogens with zero attached hydrogens (tertiary/aromatic N) is 3. The van der Waals surface area contributed by atoms with Crippen LogP contribution in [-0.2, 0) is 4.84 Å². The van der Waals surface area contributed by atoms with Crippen LogP contribution in [0.2, 0.25) is 0 Å². The van der Waals surface area contributed by atoms with Crippen molar-refractivity contribution in [2.75, 3.05) is 31.1 Å². The number of fused-ring (bicyclic) bond motifs is 1. The number of aromatic nitrogens is 2. The standard InChI is InChI=1S/C22H27N5O3/c1-22(2,3)30-27-13-11-26(12-14-27)16-9-7-15(8-10-16)20-24-17-5-4-6-18(19(17)25-20)29-21(23)28/h4-10H,11-14H2,1-3H3,(H2,23,28)(H,24,25). The summed E-state index contributed by atoms with van der Waals surface area (Å²) in [6.45, 7) is 9.76. The maximum absolute atomic E-state index is 11.1. The number of para-hydroxylation sites is 1. The molecule has 2 heterocycles. The third-order valence-corrected chi connectivity index (χ3v) is 4.83. The molecule has 0 saturated carbocycles. The van der Waals surface area contributed by atoms with Gasteiger partial charge >= 0.3 is 6.09 Å². The number of amides is 1. The molecular weight excluding hydrogens is 382 g/mol. The zero-order valence-corrected chi connectivity index (χ0v) is 17.5. The summed E-state index contributed by atoms with van der Waals surface area (Å²) in [5.74, 6) is 1.05. The number of hydrogen-bond donors (Lipinski definition) is 2. The summed E-state index contributed by atoms with van der Waals surface area (Å²) in [6.07, 6.45) is -0.857. The molecule has 1 amide bonds. The number of imidazole rings is 1. The Bertz CT molecular complexity index is 1030. The summed E-state index contributed by atoms with van der Waals surface area (Å²) in [7, 11) is 0. The van der Waals surface area contributed by atoms with Gasteiger partial charge in [0.05, 0.1) is 11.1 Å². The maximum Gasteiger partial charge on any atom is 0.410 e. The van der Waals surface area contributed by atoms with Crippen LogP contribution in [0.1, 0.15) is 20.8 Å². The lowest BCUT2D eigenvalue weighted by Crippen LogP contribution is -2.48. The van der Waals surface area contributed by atoms with Crippen molar-refractivity contribution in [1.82, 2.24) is 15.0 Å². The van der Waals surface area contributed by atoms with E-state index in [1.165, 1.54) is 5.69 Å². The highest BCUT2D eigenvalue weighted by Gasteiger charge is 2.22. The van der Waals surface area contributed by atoms with Gasteiger partial charge in [-0.15, -0.1) is 0 Å². The Balaban J connectivity index is 1.47. The number of nitrogens with two attached hydrogens (primary N) is 1. The smallest absolute Gasteiger partial charge is 0.408 e. The molecule has 2 aromatic carbocycles. The molecule has 1 saturated heterocycles. The summed E-state index contributed by atoms with van der Waals surface area (Å²) in [6, 6.07) is 13.6. The van der Waals surface area contributed by atoms with Gasteiger partial charge in [0.1, 0.15) is 11.3 Å². The zero-order valence-electron chi connectivity index (χ0n) is 17.5. The fourth-order valence-corrected chi connectivity index (χ4v) is 3.59. The lowest BCUT2D eigenvalue weighted by molar-refractivity contribution is -0.230. The highest BCUT2D eigenvalue weighted by atomic mass is 16.7.